The zero-order valence-corrected chi connectivity index (χ0v) is 12.1. The van der Waals surface area contributed by atoms with Gasteiger partial charge in [-0.15, -0.1) is 0 Å². The first-order chi connectivity index (χ1) is 11.3. The molecule has 0 saturated heterocycles. The average molecular weight is 304 g/mol. The summed E-state index contributed by atoms with van der Waals surface area (Å²) < 4.78 is 5.17. The van der Waals surface area contributed by atoms with Gasteiger partial charge in [0.15, 0.2) is 5.82 Å². The van der Waals surface area contributed by atoms with Crippen molar-refractivity contribution in [2.45, 2.75) is 6.54 Å². The normalized spacial score (nSPS) is 10.0. The minimum absolute atomic E-state index is 0.162. The van der Waals surface area contributed by atoms with Crippen LogP contribution in [0, 0.1) is 11.3 Å². The second-order valence-corrected chi connectivity index (χ2v) is 4.75. The molecule has 3 aromatic rings. The molecule has 0 unspecified atom stereocenters. The summed E-state index contributed by atoms with van der Waals surface area (Å²) in [5, 5.41) is 15.3. The summed E-state index contributed by atoms with van der Waals surface area (Å²) in [6.45, 7) is 0.162. The number of hydrogen-bond donors (Lipinski definition) is 1. The number of amides is 1. The van der Waals surface area contributed by atoms with Crippen LogP contribution in [0.3, 0.4) is 0 Å². The highest BCUT2D eigenvalue weighted by Gasteiger charge is 2.10. The van der Waals surface area contributed by atoms with E-state index in [4.69, 9.17) is 9.78 Å². The molecular formula is C17H12N4O2. The standard InChI is InChI=1S/C17H12N4O2/c18-10-12-6-8-13(9-7-12)16(22)19-11-15-20-17(23-21-15)14-4-2-1-3-5-14/h1-9H,11H2,(H,19,22). The van der Waals surface area contributed by atoms with E-state index in [1.54, 1.807) is 24.3 Å². The highest BCUT2D eigenvalue weighted by atomic mass is 16.5. The van der Waals surface area contributed by atoms with Gasteiger partial charge in [0.2, 0.25) is 0 Å². The van der Waals surface area contributed by atoms with Crippen LogP contribution in [0.5, 0.6) is 0 Å². The molecule has 23 heavy (non-hydrogen) atoms. The van der Waals surface area contributed by atoms with Crippen LogP contribution in [0.2, 0.25) is 0 Å². The fourth-order valence-corrected chi connectivity index (χ4v) is 1.98. The van der Waals surface area contributed by atoms with E-state index in [0.717, 1.165) is 5.56 Å². The van der Waals surface area contributed by atoms with Crippen LogP contribution >= 0.6 is 0 Å². The fraction of sp³-hybridized carbons (Fsp3) is 0.0588. The third kappa shape index (κ3) is 3.41. The SMILES string of the molecule is N#Cc1ccc(C(=O)NCc2noc(-c3ccccc3)n2)cc1. The van der Waals surface area contributed by atoms with Crippen LogP contribution in [0.1, 0.15) is 21.7 Å². The van der Waals surface area contributed by atoms with Gasteiger partial charge >= 0.3 is 0 Å². The Bertz CT molecular complexity index is 848. The van der Waals surface area contributed by atoms with Gasteiger partial charge in [0.1, 0.15) is 0 Å². The smallest absolute Gasteiger partial charge is 0.257 e. The molecule has 6 nitrogen and oxygen atoms in total. The van der Waals surface area contributed by atoms with Gasteiger partial charge in [-0.3, -0.25) is 4.79 Å². The third-order valence-corrected chi connectivity index (χ3v) is 3.17. The van der Waals surface area contributed by atoms with Crippen LogP contribution in [-0.4, -0.2) is 16.0 Å². The maximum atomic E-state index is 12.0. The van der Waals surface area contributed by atoms with Crippen LogP contribution in [0.15, 0.2) is 59.1 Å². The summed E-state index contributed by atoms with van der Waals surface area (Å²) in [7, 11) is 0. The Balaban J connectivity index is 1.63. The third-order valence-electron chi connectivity index (χ3n) is 3.17. The number of nitrogens with zero attached hydrogens (tertiary/aromatic N) is 3. The van der Waals surface area contributed by atoms with Crippen molar-refractivity contribution in [2.75, 3.05) is 0 Å². The molecular weight excluding hydrogens is 292 g/mol. The van der Waals surface area contributed by atoms with Crippen LogP contribution in [-0.2, 0) is 6.54 Å². The Morgan fingerprint density at radius 1 is 1.13 bits per heavy atom. The summed E-state index contributed by atoms with van der Waals surface area (Å²) in [6.07, 6.45) is 0. The molecule has 6 heteroatoms. The van der Waals surface area contributed by atoms with Gasteiger partial charge in [-0.25, -0.2) is 0 Å². The zero-order valence-electron chi connectivity index (χ0n) is 12.1. The van der Waals surface area contributed by atoms with Gasteiger partial charge in [-0.05, 0) is 36.4 Å². The van der Waals surface area contributed by atoms with E-state index in [0.29, 0.717) is 22.8 Å². The summed E-state index contributed by atoms with van der Waals surface area (Å²) in [5.41, 5.74) is 1.80. The van der Waals surface area contributed by atoms with Crippen molar-refractivity contribution in [3.05, 3.63) is 71.5 Å². The number of hydrogen-bond acceptors (Lipinski definition) is 5. The molecule has 0 radical (unpaired) electrons. The van der Waals surface area contributed by atoms with E-state index in [2.05, 4.69) is 15.5 Å². The van der Waals surface area contributed by atoms with Crippen molar-refractivity contribution in [1.29, 1.82) is 5.26 Å². The lowest BCUT2D eigenvalue weighted by Gasteiger charge is -2.02. The molecule has 1 heterocycles. The number of carbonyl (C=O) groups excluding carboxylic acids is 1. The molecule has 1 N–H and O–H groups in total. The first-order valence-electron chi connectivity index (χ1n) is 6.92. The van der Waals surface area contributed by atoms with E-state index in [1.165, 1.54) is 0 Å². The molecule has 1 amide bonds. The molecule has 0 spiro atoms. The molecule has 112 valence electrons. The molecule has 2 aromatic carbocycles. The Morgan fingerprint density at radius 3 is 2.57 bits per heavy atom. The maximum Gasteiger partial charge on any atom is 0.257 e. The van der Waals surface area contributed by atoms with Crippen molar-refractivity contribution in [3.8, 4) is 17.5 Å². The second-order valence-electron chi connectivity index (χ2n) is 4.75. The summed E-state index contributed by atoms with van der Waals surface area (Å²) >= 11 is 0. The Labute approximate surface area is 132 Å². The van der Waals surface area contributed by atoms with E-state index in [1.807, 2.05) is 36.4 Å². The lowest BCUT2D eigenvalue weighted by atomic mass is 10.1. The Morgan fingerprint density at radius 2 is 1.87 bits per heavy atom. The minimum atomic E-state index is -0.263. The molecule has 3 rings (SSSR count). The Hall–Kier alpha value is -3.46. The van der Waals surface area contributed by atoms with Crippen molar-refractivity contribution in [1.82, 2.24) is 15.5 Å². The summed E-state index contributed by atoms with van der Waals surface area (Å²) in [6, 6.07) is 17.8. The van der Waals surface area contributed by atoms with Gasteiger partial charge in [0, 0.05) is 11.1 Å². The number of nitrogens with one attached hydrogen (secondary N) is 1. The lowest BCUT2D eigenvalue weighted by Crippen LogP contribution is -2.23. The van der Waals surface area contributed by atoms with Gasteiger partial charge in [0.05, 0.1) is 18.2 Å². The predicted octanol–water partition coefficient (Wildman–Crippen LogP) is 2.54. The molecule has 0 bridgehead atoms. The fourth-order valence-electron chi connectivity index (χ4n) is 1.98. The van der Waals surface area contributed by atoms with Gasteiger partial charge in [0.25, 0.3) is 11.8 Å². The second kappa shape index (κ2) is 6.54. The quantitative estimate of drug-likeness (QED) is 0.799. The first kappa shape index (κ1) is 14.5. The molecule has 0 fully saturated rings. The van der Waals surface area contributed by atoms with Crippen molar-refractivity contribution in [2.24, 2.45) is 0 Å². The first-order valence-corrected chi connectivity index (χ1v) is 6.92. The maximum absolute atomic E-state index is 12.0. The largest absolute Gasteiger partial charge is 0.345 e. The van der Waals surface area contributed by atoms with E-state index in [9.17, 15) is 4.79 Å². The predicted molar refractivity (Wildman–Crippen MR) is 82.1 cm³/mol. The van der Waals surface area contributed by atoms with Crippen LogP contribution in [0.25, 0.3) is 11.5 Å². The number of aromatic nitrogens is 2. The van der Waals surface area contributed by atoms with E-state index in [-0.39, 0.29) is 12.5 Å². The van der Waals surface area contributed by atoms with Gasteiger partial charge in [-0.1, -0.05) is 23.4 Å². The molecule has 0 atom stereocenters. The monoisotopic (exact) mass is 304 g/mol. The highest BCUT2D eigenvalue weighted by Crippen LogP contribution is 2.15. The molecule has 0 aliphatic heterocycles. The summed E-state index contributed by atoms with van der Waals surface area (Å²) in [4.78, 5) is 16.3. The highest BCUT2D eigenvalue weighted by molar-refractivity contribution is 5.94. The molecule has 0 aliphatic carbocycles. The zero-order chi connectivity index (χ0) is 16.1. The topological polar surface area (TPSA) is 91.8 Å². The summed E-state index contributed by atoms with van der Waals surface area (Å²) in [5.74, 6) is 0.541. The lowest BCUT2D eigenvalue weighted by molar-refractivity contribution is 0.0949. The van der Waals surface area contributed by atoms with Gasteiger partial charge < -0.3 is 9.84 Å². The number of rotatable bonds is 4. The minimum Gasteiger partial charge on any atom is -0.345 e. The van der Waals surface area contributed by atoms with Crippen molar-refractivity contribution >= 4 is 5.91 Å². The molecule has 0 aliphatic rings. The molecule has 1 aromatic heterocycles. The van der Waals surface area contributed by atoms with Crippen LogP contribution in [0.4, 0.5) is 0 Å². The van der Waals surface area contributed by atoms with Crippen molar-refractivity contribution < 1.29 is 9.32 Å². The van der Waals surface area contributed by atoms with Crippen LogP contribution < -0.4 is 5.32 Å². The van der Waals surface area contributed by atoms with Crippen molar-refractivity contribution in [3.63, 3.8) is 0 Å². The Kier molecular flexibility index (Phi) is 4.11. The van der Waals surface area contributed by atoms with E-state index >= 15 is 0 Å². The number of benzene rings is 2. The number of carbonyl (C=O) groups is 1. The number of nitriles is 1. The molecule has 0 saturated carbocycles. The van der Waals surface area contributed by atoms with E-state index < -0.39 is 0 Å². The average Bonchev–Trinajstić information content (AvgIpc) is 3.09. The van der Waals surface area contributed by atoms with Gasteiger partial charge in [-0.2, -0.15) is 10.2 Å².